The van der Waals surface area contributed by atoms with Crippen LogP contribution < -0.4 is 5.32 Å². The summed E-state index contributed by atoms with van der Waals surface area (Å²) in [6.45, 7) is 9.84. The largest absolute Gasteiger partial charge is 0.315 e. The van der Waals surface area contributed by atoms with Crippen molar-refractivity contribution in [3.05, 3.63) is 0 Å². The van der Waals surface area contributed by atoms with Crippen LogP contribution in [0.5, 0.6) is 0 Å². The van der Waals surface area contributed by atoms with E-state index >= 15 is 0 Å². The third-order valence-electron chi connectivity index (χ3n) is 2.06. The lowest BCUT2D eigenvalue weighted by molar-refractivity contribution is 0.275. The number of hydrogen-bond acceptors (Lipinski definition) is 2. The molecule has 2 nitrogen and oxygen atoms in total. The Kier molecular flexibility index (Phi) is 6.57. The van der Waals surface area contributed by atoms with Gasteiger partial charge in [0.15, 0.2) is 0 Å². The molecule has 0 bridgehead atoms. The molecule has 1 aliphatic rings. The number of likely N-dealkylation sites (N-methyl/N-ethyl adjacent to an activating group) is 1. The van der Waals surface area contributed by atoms with Gasteiger partial charge < -0.3 is 10.2 Å². The summed E-state index contributed by atoms with van der Waals surface area (Å²) in [5, 5.41) is 3.39. The third kappa shape index (κ3) is 4.38. The average Bonchev–Trinajstić information content (AvgIpc) is 2.22. The quantitative estimate of drug-likeness (QED) is 0.572. The minimum absolute atomic E-state index is 0.715. The summed E-state index contributed by atoms with van der Waals surface area (Å²) in [4.78, 5) is 2.40. The van der Waals surface area contributed by atoms with E-state index < -0.39 is 0 Å². The standard InChI is InChI=1S/C7H16N2.C2H6/c1-7-6-8-4-3-5-9(7)2;1-2/h7-8H,3-6H2,1-2H3;1-2H3/t7-;/m0./s1. The molecule has 2 heteroatoms. The molecule has 1 N–H and O–H groups in total. The molecule has 1 aliphatic heterocycles. The van der Waals surface area contributed by atoms with Crippen LogP contribution in [0.25, 0.3) is 0 Å². The molecule has 0 aromatic heterocycles. The van der Waals surface area contributed by atoms with Gasteiger partial charge in [0.25, 0.3) is 0 Å². The molecule has 68 valence electrons. The first kappa shape index (κ1) is 10.9. The lowest BCUT2D eigenvalue weighted by atomic mass is 10.3. The smallest absolute Gasteiger partial charge is 0.0189 e. The average molecular weight is 158 g/mol. The summed E-state index contributed by atoms with van der Waals surface area (Å²) >= 11 is 0. The van der Waals surface area contributed by atoms with Crippen molar-refractivity contribution >= 4 is 0 Å². The topological polar surface area (TPSA) is 15.3 Å². The zero-order valence-electron chi connectivity index (χ0n) is 8.35. The minimum Gasteiger partial charge on any atom is -0.315 e. The van der Waals surface area contributed by atoms with Crippen molar-refractivity contribution in [3.8, 4) is 0 Å². The van der Waals surface area contributed by atoms with Crippen molar-refractivity contribution < 1.29 is 0 Å². The first-order valence-corrected chi connectivity index (χ1v) is 4.71. The second-order valence-electron chi connectivity index (χ2n) is 2.89. The molecule has 1 heterocycles. The molecule has 0 aliphatic carbocycles. The van der Waals surface area contributed by atoms with Crippen molar-refractivity contribution in [1.29, 1.82) is 0 Å². The molecule has 0 aromatic rings. The second-order valence-corrected chi connectivity index (χ2v) is 2.89. The molecule has 0 aromatic carbocycles. The fraction of sp³-hybridized carbons (Fsp3) is 1.00. The molecule has 0 radical (unpaired) electrons. The Morgan fingerprint density at radius 1 is 1.36 bits per heavy atom. The maximum Gasteiger partial charge on any atom is 0.0189 e. The van der Waals surface area contributed by atoms with E-state index in [0.717, 1.165) is 6.54 Å². The Balaban J connectivity index is 0.000000461. The number of nitrogens with one attached hydrogen (secondary N) is 1. The van der Waals surface area contributed by atoms with Gasteiger partial charge in [0.2, 0.25) is 0 Å². The molecule has 0 spiro atoms. The summed E-state index contributed by atoms with van der Waals surface area (Å²) < 4.78 is 0. The Morgan fingerprint density at radius 2 is 2.00 bits per heavy atom. The van der Waals surface area contributed by atoms with Gasteiger partial charge in [0.1, 0.15) is 0 Å². The molecule has 0 amide bonds. The van der Waals surface area contributed by atoms with Crippen LogP contribution >= 0.6 is 0 Å². The van der Waals surface area contributed by atoms with Crippen molar-refractivity contribution in [2.45, 2.75) is 33.2 Å². The molecule has 1 atom stereocenters. The van der Waals surface area contributed by atoms with Crippen LogP contribution in [-0.2, 0) is 0 Å². The van der Waals surface area contributed by atoms with E-state index in [4.69, 9.17) is 0 Å². The summed E-state index contributed by atoms with van der Waals surface area (Å²) in [6.07, 6.45) is 1.29. The van der Waals surface area contributed by atoms with Gasteiger partial charge in [-0.25, -0.2) is 0 Å². The predicted octanol–water partition coefficient (Wildman–Crippen LogP) is 1.33. The Labute approximate surface area is 71.0 Å². The lowest BCUT2D eigenvalue weighted by Crippen LogP contribution is -2.33. The highest BCUT2D eigenvalue weighted by atomic mass is 15.2. The molecule has 1 saturated heterocycles. The Hall–Kier alpha value is -0.0800. The van der Waals surface area contributed by atoms with E-state index in [1.165, 1.54) is 19.5 Å². The van der Waals surface area contributed by atoms with Gasteiger partial charge in [-0.05, 0) is 33.5 Å². The third-order valence-corrected chi connectivity index (χ3v) is 2.06. The lowest BCUT2D eigenvalue weighted by Gasteiger charge is -2.20. The van der Waals surface area contributed by atoms with Gasteiger partial charge in [-0.1, -0.05) is 13.8 Å². The van der Waals surface area contributed by atoms with Gasteiger partial charge in [0, 0.05) is 12.6 Å². The normalized spacial score (nSPS) is 26.7. The monoisotopic (exact) mass is 158 g/mol. The first-order valence-electron chi connectivity index (χ1n) is 4.71. The molecule has 11 heavy (non-hydrogen) atoms. The van der Waals surface area contributed by atoms with Crippen LogP contribution in [0.4, 0.5) is 0 Å². The summed E-state index contributed by atoms with van der Waals surface area (Å²) in [7, 11) is 2.19. The van der Waals surface area contributed by atoms with Crippen LogP contribution in [0, 0.1) is 0 Å². The SMILES string of the molecule is CC.C[C@H]1CNCCCN1C. The summed E-state index contributed by atoms with van der Waals surface area (Å²) in [5.74, 6) is 0. The second kappa shape index (κ2) is 6.62. The summed E-state index contributed by atoms with van der Waals surface area (Å²) in [6, 6.07) is 0.715. The highest BCUT2D eigenvalue weighted by Gasteiger charge is 2.10. The van der Waals surface area contributed by atoms with Gasteiger partial charge in [-0.3, -0.25) is 0 Å². The van der Waals surface area contributed by atoms with Crippen LogP contribution in [0.1, 0.15) is 27.2 Å². The number of nitrogens with zero attached hydrogens (tertiary/aromatic N) is 1. The van der Waals surface area contributed by atoms with Gasteiger partial charge in [-0.15, -0.1) is 0 Å². The van der Waals surface area contributed by atoms with Gasteiger partial charge in [-0.2, -0.15) is 0 Å². The maximum atomic E-state index is 3.39. The van der Waals surface area contributed by atoms with Crippen LogP contribution in [0.15, 0.2) is 0 Å². The van der Waals surface area contributed by atoms with Crippen LogP contribution in [-0.4, -0.2) is 37.6 Å². The fourth-order valence-corrected chi connectivity index (χ4v) is 1.14. The fourth-order valence-electron chi connectivity index (χ4n) is 1.14. The van der Waals surface area contributed by atoms with Gasteiger partial charge in [0.05, 0.1) is 0 Å². The van der Waals surface area contributed by atoms with Crippen LogP contribution in [0.2, 0.25) is 0 Å². The maximum absolute atomic E-state index is 3.39. The van der Waals surface area contributed by atoms with Crippen molar-refractivity contribution in [1.82, 2.24) is 10.2 Å². The summed E-state index contributed by atoms with van der Waals surface area (Å²) in [5.41, 5.74) is 0. The van der Waals surface area contributed by atoms with E-state index in [1.807, 2.05) is 13.8 Å². The minimum atomic E-state index is 0.715. The van der Waals surface area contributed by atoms with E-state index in [1.54, 1.807) is 0 Å². The highest BCUT2D eigenvalue weighted by molar-refractivity contribution is 4.70. The van der Waals surface area contributed by atoms with Crippen molar-refractivity contribution in [2.24, 2.45) is 0 Å². The van der Waals surface area contributed by atoms with Gasteiger partial charge >= 0.3 is 0 Å². The van der Waals surface area contributed by atoms with Crippen molar-refractivity contribution in [3.63, 3.8) is 0 Å². The molecule has 1 rings (SSSR count). The number of rotatable bonds is 0. The Bertz CT molecular complexity index is 73.6. The van der Waals surface area contributed by atoms with Crippen LogP contribution in [0.3, 0.4) is 0 Å². The molecule has 0 unspecified atom stereocenters. The van der Waals surface area contributed by atoms with Crippen molar-refractivity contribution in [2.75, 3.05) is 26.7 Å². The predicted molar refractivity (Wildman–Crippen MR) is 50.9 cm³/mol. The number of hydrogen-bond donors (Lipinski definition) is 1. The highest BCUT2D eigenvalue weighted by Crippen LogP contribution is 1.98. The zero-order chi connectivity index (χ0) is 8.69. The first-order chi connectivity index (χ1) is 5.30. The van der Waals surface area contributed by atoms with E-state index in [-0.39, 0.29) is 0 Å². The Morgan fingerprint density at radius 3 is 2.64 bits per heavy atom. The molecular weight excluding hydrogens is 136 g/mol. The van der Waals surface area contributed by atoms with E-state index in [2.05, 4.69) is 24.2 Å². The molecule has 0 saturated carbocycles. The van der Waals surface area contributed by atoms with E-state index in [0.29, 0.717) is 6.04 Å². The zero-order valence-corrected chi connectivity index (χ0v) is 8.35. The molecular formula is C9H22N2. The molecule has 1 fully saturated rings. The van der Waals surface area contributed by atoms with E-state index in [9.17, 15) is 0 Å².